The molecule has 2 amide bonds. The number of hydrogen-bond donors (Lipinski definition) is 2. The van der Waals surface area contributed by atoms with Gasteiger partial charge >= 0.3 is 12.0 Å². The van der Waals surface area contributed by atoms with Gasteiger partial charge in [0.25, 0.3) is 0 Å². The molecular weight excluding hydrogens is 290 g/mol. The van der Waals surface area contributed by atoms with Gasteiger partial charge in [-0.2, -0.15) is 0 Å². The highest BCUT2D eigenvalue weighted by Crippen LogP contribution is 2.24. The first-order valence-corrected chi connectivity index (χ1v) is 7.98. The molecule has 7 heteroatoms. The third kappa shape index (κ3) is 3.72. The van der Waals surface area contributed by atoms with Gasteiger partial charge < -0.3 is 15.3 Å². The Morgan fingerprint density at radius 3 is 2.81 bits per heavy atom. The number of carboxylic acids is 1. The van der Waals surface area contributed by atoms with Crippen molar-refractivity contribution < 1.29 is 14.7 Å². The molecule has 21 heavy (non-hydrogen) atoms. The lowest BCUT2D eigenvalue weighted by molar-refractivity contribution is -0.143. The lowest BCUT2D eigenvalue weighted by atomic mass is 9.92. The Morgan fingerprint density at radius 1 is 1.57 bits per heavy atom. The summed E-state index contributed by atoms with van der Waals surface area (Å²) in [6.07, 6.45) is 1.02. The van der Waals surface area contributed by atoms with Crippen LogP contribution in [0.25, 0.3) is 0 Å². The minimum absolute atomic E-state index is 0.0647. The molecule has 3 unspecified atom stereocenters. The van der Waals surface area contributed by atoms with Crippen molar-refractivity contribution in [3.63, 3.8) is 0 Å². The van der Waals surface area contributed by atoms with Crippen molar-refractivity contribution in [1.29, 1.82) is 0 Å². The number of likely N-dealkylation sites (tertiary alicyclic amines) is 1. The first-order valence-electron chi connectivity index (χ1n) is 7.10. The molecule has 0 saturated carbocycles. The van der Waals surface area contributed by atoms with Gasteiger partial charge in [0.1, 0.15) is 5.01 Å². The average molecular weight is 311 g/mol. The van der Waals surface area contributed by atoms with E-state index in [9.17, 15) is 9.59 Å². The summed E-state index contributed by atoms with van der Waals surface area (Å²) in [5, 5.41) is 14.8. The standard InChI is InChI=1S/C14H21N3O3S/c1-8-7-21-12(15-8)10(3)16-14(20)17-5-4-11(13(18)19)6-9(17)2/h7,9-11H,4-6H2,1-3H3,(H,16,20)(H,18,19). The van der Waals surface area contributed by atoms with Crippen LogP contribution >= 0.6 is 11.3 Å². The summed E-state index contributed by atoms with van der Waals surface area (Å²) in [4.78, 5) is 29.4. The van der Waals surface area contributed by atoms with E-state index in [1.54, 1.807) is 4.90 Å². The fraction of sp³-hybridized carbons (Fsp3) is 0.643. The zero-order valence-corrected chi connectivity index (χ0v) is 13.3. The molecule has 0 aromatic carbocycles. The molecule has 1 aromatic heterocycles. The van der Waals surface area contributed by atoms with Crippen LogP contribution in [-0.4, -0.2) is 39.6 Å². The second kappa shape index (κ2) is 6.43. The quantitative estimate of drug-likeness (QED) is 0.898. The van der Waals surface area contributed by atoms with Crippen LogP contribution < -0.4 is 5.32 Å². The highest BCUT2D eigenvalue weighted by molar-refractivity contribution is 7.09. The maximum absolute atomic E-state index is 12.3. The molecule has 2 N–H and O–H groups in total. The predicted molar refractivity (Wildman–Crippen MR) is 80.3 cm³/mol. The number of carbonyl (C=O) groups excluding carboxylic acids is 1. The summed E-state index contributed by atoms with van der Waals surface area (Å²) in [7, 11) is 0. The normalized spacial score (nSPS) is 23.7. The van der Waals surface area contributed by atoms with Crippen LogP contribution in [0, 0.1) is 12.8 Å². The summed E-state index contributed by atoms with van der Waals surface area (Å²) < 4.78 is 0. The molecule has 1 aliphatic rings. The molecule has 0 radical (unpaired) electrons. The number of amides is 2. The molecule has 1 saturated heterocycles. The first-order chi connectivity index (χ1) is 9.88. The van der Waals surface area contributed by atoms with E-state index in [1.807, 2.05) is 26.2 Å². The summed E-state index contributed by atoms with van der Waals surface area (Å²) in [5.41, 5.74) is 0.951. The van der Waals surface area contributed by atoms with E-state index < -0.39 is 5.97 Å². The fourth-order valence-electron chi connectivity index (χ4n) is 2.60. The Hall–Kier alpha value is -1.63. The number of aromatic nitrogens is 1. The highest BCUT2D eigenvalue weighted by atomic mass is 32.1. The van der Waals surface area contributed by atoms with Crippen molar-refractivity contribution in [2.24, 2.45) is 5.92 Å². The van der Waals surface area contributed by atoms with Gasteiger partial charge in [-0.1, -0.05) is 0 Å². The van der Waals surface area contributed by atoms with Gasteiger partial charge in [0.15, 0.2) is 0 Å². The van der Waals surface area contributed by atoms with Crippen molar-refractivity contribution in [2.75, 3.05) is 6.54 Å². The molecule has 1 fully saturated rings. The number of piperidine rings is 1. The third-order valence-electron chi connectivity index (χ3n) is 3.83. The number of carboxylic acid groups (broad SMARTS) is 1. The lowest BCUT2D eigenvalue weighted by Crippen LogP contribution is -2.50. The van der Waals surface area contributed by atoms with Crippen LogP contribution in [0.4, 0.5) is 4.79 Å². The lowest BCUT2D eigenvalue weighted by Gasteiger charge is -2.36. The molecular formula is C14H21N3O3S. The third-order valence-corrected chi connectivity index (χ3v) is 4.98. The molecule has 1 aromatic rings. The van der Waals surface area contributed by atoms with Gasteiger partial charge in [0.2, 0.25) is 0 Å². The van der Waals surface area contributed by atoms with Gasteiger partial charge in [0, 0.05) is 23.7 Å². The Kier molecular flexibility index (Phi) is 4.82. The van der Waals surface area contributed by atoms with Gasteiger partial charge in [-0.25, -0.2) is 9.78 Å². The van der Waals surface area contributed by atoms with Gasteiger partial charge in [-0.15, -0.1) is 11.3 Å². The number of urea groups is 1. The Balaban J connectivity index is 1.93. The maximum atomic E-state index is 12.3. The second-order valence-electron chi connectivity index (χ2n) is 5.60. The van der Waals surface area contributed by atoms with Gasteiger partial charge in [-0.05, 0) is 33.6 Å². The van der Waals surface area contributed by atoms with Crippen LogP contribution in [0.3, 0.4) is 0 Å². The Labute approximate surface area is 128 Å². The van der Waals surface area contributed by atoms with Crippen molar-refractivity contribution in [2.45, 2.75) is 45.7 Å². The van der Waals surface area contributed by atoms with E-state index in [4.69, 9.17) is 5.11 Å². The van der Waals surface area contributed by atoms with Crippen LogP contribution in [0.5, 0.6) is 0 Å². The van der Waals surface area contributed by atoms with Crippen LogP contribution in [0.2, 0.25) is 0 Å². The van der Waals surface area contributed by atoms with Crippen molar-refractivity contribution in [1.82, 2.24) is 15.2 Å². The number of thiazole rings is 1. The molecule has 0 aliphatic carbocycles. The zero-order valence-electron chi connectivity index (χ0n) is 12.5. The second-order valence-corrected chi connectivity index (χ2v) is 6.49. The van der Waals surface area contributed by atoms with Crippen LogP contribution in [0.15, 0.2) is 5.38 Å². The number of aliphatic carboxylic acids is 1. The molecule has 6 nitrogen and oxygen atoms in total. The highest BCUT2D eigenvalue weighted by Gasteiger charge is 2.32. The van der Waals surface area contributed by atoms with E-state index in [-0.39, 0.29) is 24.0 Å². The predicted octanol–water partition coefficient (Wildman–Crippen LogP) is 2.41. The van der Waals surface area contributed by atoms with E-state index in [2.05, 4.69) is 10.3 Å². The van der Waals surface area contributed by atoms with E-state index in [0.29, 0.717) is 19.4 Å². The Morgan fingerprint density at radius 2 is 2.29 bits per heavy atom. The van der Waals surface area contributed by atoms with Gasteiger partial charge in [0.05, 0.1) is 12.0 Å². The van der Waals surface area contributed by atoms with Crippen molar-refractivity contribution >= 4 is 23.3 Å². The van der Waals surface area contributed by atoms with Crippen molar-refractivity contribution in [3.05, 3.63) is 16.1 Å². The Bertz CT molecular complexity index is 531. The minimum Gasteiger partial charge on any atom is -0.481 e. The van der Waals surface area contributed by atoms with Crippen LogP contribution in [0.1, 0.15) is 43.4 Å². The average Bonchev–Trinajstić information content (AvgIpc) is 2.85. The van der Waals surface area contributed by atoms with Crippen LogP contribution in [-0.2, 0) is 4.79 Å². The number of nitrogens with one attached hydrogen (secondary N) is 1. The smallest absolute Gasteiger partial charge is 0.318 e. The summed E-state index contributed by atoms with van der Waals surface area (Å²) in [6.45, 7) is 6.21. The monoisotopic (exact) mass is 311 g/mol. The summed E-state index contributed by atoms with van der Waals surface area (Å²) >= 11 is 1.53. The molecule has 0 bridgehead atoms. The molecule has 2 heterocycles. The van der Waals surface area contributed by atoms with Gasteiger partial charge in [-0.3, -0.25) is 4.79 Å². The van der Waals surface area contributed by atoms with E-state index in [1.165, 1.54) is 11.3 Å². The van der Waals surface area contributed by atoms with E-state index >= 15 is 0 Å². The molecule has 1 aliphatic heterocycles. The summed E-state index contributed by atoms with van der Waals surface area (Å²) in [5.74, 6) is -1.11. The summed E-state index contributed by atoms with van der Waals surface area (Å²) in [6, 6.07) is -0.350. The van der Waals surface area contributed by atoms with Crippen molar-refractivity contribution in [3.8, 4) is 0 Å². The number of aryl methyl sites for hydroxylation is 1. The molecule has 0 spiro atoms. The molecule has 116 valence electrons. The fourth-order valence-corrected chi connectivity index (χ4v) is 3.40. The molecule has 2 rings (SSSR count). The topological polar surface area (TPSA) is 82.5 Å². The van der Waals surface area contributed by atoms with E-state index in [0.717, 1.165) is 10.7 Å². The number of rotatable bonds is 3. The minimum atomic E-state index is -0.770. The largest absolute Gasteiger partial charge is 0.481 e. The number of nitrogens with zero attached hydrogens (tertiary/aromatic N) is 2. The number of carbonyl (C=O) groups is 2. The first kappa shape index (κ1) is 15.8. The SMILES string of the molecule is Cc1csc(C(C)NC(=O)N2CCC(C(=O)O)CC2C)n1. The maximum Gasteiger partial charge on any atom is 0.318 e. The number of hydrogen-bond acceptors (Lipinski definition) is 4. The molecule has 3 atom stereocenters. The zero-order chi connectivity index (χ0) is 15.6.